The van der Waals surface area contributed by atoms with Gasteiger partial charge in [-0.1, -0.05) is 50.6 Å². The summed E-state index contributed by atoms with van der Waals surface area (Å²) in [5.41, 5.74) is -0.609. The molecule has 3 atom stereocenters. The second-order valence-corrected chi connectivity index (χ2v) is 10.8. The molecule has 1 aliphatic rings. The van der Waals surface area contributed by atoms with Crippen LogP contribution in [0.25, 0.3) is 0 Å². The second-order valence-electron chi connectivity index (χ2n) is 8.63. The summed E-state index contributed by atoms with van der Waals surface area (Å²) in [7, 11) is 0. The number of aromatic nitrogens is 1. The molecule has 1 saturated carbocycles. The van der Waals surface area contributed by atoms with Crippen LogP contribution in [0, 0.1) is 17.8 Å². The number of hydrogen-bond acceptors (Lipinski definition) is 6. The number of carboxylic acids is 1. The van der Waals surface area contributed by atoms with E-state index in [0.29, 0.717) is 24.5 Å². The van der Waals surface area contributed by atoms with Crippen molar-refractivity contribution in [3.63, 3.8) is 0 Å². The Hall–Kier alpha value is -1.18. The van der Waals surface area contributed by atoms with Gasteiger partial charge >= 0.3 is 5.97 Å². The Labute approximate surface area is 182 Å². The van der Waals surface area contributed by atoms with Gasteiger partial charge in [0.2, 0.25) is 0 Å². The highest BCUT2D eigenvalue weighted by Crippen LogP contribution is 2.35. The summed E-state index contributed by atoms with van der Waals surface area (Å²) in [5.74, 6) is 0.965. The lowest BCUT2D eigenvalue weighted by atomic mass is 9.90. The molecule has 0 aliphatic heterocycles. The van der Waals surface area contributed by atoms with Gasteiger partial charge in [0.15, 0.2) is 10.0 Å². The number of allylic oxidation sites excluding steroid dienone is 1. The van der Waals surface area contributed by atoms with E-state index in [9.17, 15) is 14.7 Å². The van der Waals surface area contributed by atoms with Crippen molar-refractivity contribution >= 4 is 34.9 Å². The Kier molecular flexibility index (Phi) is 9.37. The molecule has 0 bridgehead atoms. The van der Waals surface area contributed by atoms with Crippen molar-refractivity contribution in [1.82, 2.24) is 4.98 Å². The fourth-order valence-corrected chi connectivity index (χ4v) is 5.62. The summed E-state index contributed by atoms with van der Waals surface area (Å²) in [6.07, 6.45) is 10.0. The number of carboxylic acid groups (broad SMARTS) is 1. The van der Waals surface area contributed by atoms with Gasteiger partial charge in [-0.05, 0) is 44.4 Å². The van der Waals surface area contributed by atoms with E-state index in [4.69, 9.17) is 5.11 Å². The highest BCUT2D eigenvalue weighted by molar-refractivity contribution is 8.01. The van der Waals surface area contributed by atoms with Gasteiger partial charge in [-0.15, -0.1) is 11.3 Å². The number of rotatable bonds is 12. The standard InChI is InChI=1S/C22H33NO4S2/c1-15(2)6-4-11-22(3,27)12-5-7-16-8-9-19(24)17(16)10-13-28-21-23-18(14-29-21)20(25)26/h5,7,14-17,27H,4,6,8-13H2,1-3H3,(H,25,26). The number of ketones is 1. The molecular formula is C22H33NO4S2. The van der Waals surface area contributed by atoms with Gasteiger partial charge in [0.25, 0.3) is 0 Å². The molecule has 162 valence electrons. The van der Waals surface area contributed by atoms with Crippen molar-refractivity contribution in [2.45, 2.75) is 75.7 Å². The number of nitrogens with zero attached hydrogens (tertiary/aromatic N) is 1. The summed E-state index contributed by atoms with van der Waals surface area (Å²) in [5, 5.41) is 21.0. The Morgan fingerprint density at radius 3 is 2.90 bits per heavy atom. The number of carbonyl (C=O) groups excluding carboxylic acids is 1. The maximum absolute atomic E-state index is 12.3. The first-order chi connectivity index (χ1) is 13.7. The molecular weight excluding hydrogens is 406 g/mol. The Balaban J connectivity index is 1.79. The van der Waals surface area contributed by atoms with E-state index < -0.39 is 11.6 Å². The van der Waals surface area contributed by atoms with Gasteiger partial charge in [0.1, 0.15) is 5.78 Å². The molecule has 1 aromatic rings. The zero-order valence-corrected chi connectivity index (χ0v) is 19.2. The minimum Gasteiger partial charge on any atom is -0.476 e. The third-order valence-electron chi connectivity index (χ3n) is 5.45. The smallest absolute Gasteiger partial charge is 0.355 e. The summed E-state index contributed by atoms with van der Waals surface area (Å²) in [6.45, 7) is 6.29. The summed E-state index contributed by atoms with van der Waals surface area (Å²) in [6, 6.07) is 0. The quantitative estimate of drug-likeness (QED) is 0.333. The monoisotopic (exact) mass is 439 g/mol. The predicted molar refractivity (Wildman–Crippen MR) is 119 cm³/mol. The molecule has 1 fully saturated rings. The number of aliphatic hydroxyl groups is 1. The lowest BCUT2D eigenvalue weighted by Crippen LogP contribution is -2.23. The summed E-state index contributed by atoms with van der Waals surface area (Å²) >= 11 is 2.85. The molecule has 0 spiro atoms. The second kappa shape index (κ2) is 11.3. The lowest BCUT2D eigenvalue weighted by Gasteiger charge is -2.22. The van der Waals surface area contributed by atoms with E-state index >= 15 is 0 Å². The largest absolute Gasteiger partial charge is 0.476 e. The molecule has 7 heteroatoms. The number of aromatic carboxylic acids is 1. The molecule has 0 aromatic carbocycles. The third-order valence-corrected chi connectivity index (χ3v) is 7.50. The van der Waals surface area contributed by atoms with E-state index in [2.05, 4.69) is 31.0 Å². The summed E-state index contributed by atoms with van der Waals surface area (Å²) in [4.78, 5) is 27.3. The van der Waals surface area contributed by atoms with E-state index in [1.165, 1.54) is 23.1 Å². The van der Waals surface area contributed by atoms with Crippen LogP contribution in [0.1, 0.15) is 76.2 Å². The van der Waals surface area contributed by atoms with Gasteiger partial charge in [-0.2, -0.15) is 0 Å². The zero-order valence-electron chi connectivity index (χ0n) is 17.6. The SMILES string of the molecule is CC(C)CCCC(C)(O)CC=CC1CCC(=O)C1CCSc1nc(C(=O)O)cs1. The van der Waals surface area contributed by atoms with Gasteiger partial charge < -0.3 is 10.2 Å². The maximum atomic E-state index is 12.3. The van der Waals surface area contributed by atoms with Crippen molar-refractivity contribution in [3.8, 4) is 0 Å². The van der Waals surface area contributed by atoms with Gasteiger partial charge in [0.05, 0.1) is 5.60 Å². The molecule has 2 N–H and O–H groups in total. The zero-order chi connectivity index (χ0) is 21.4. The number of hydrogen-bond donors (Lipinski definition) is 2. The highest BCUT2D eigenvalue weighted by atomic mass is 32.2. The van der Waals surface area contributed by atoms with Crippen LogP contribution in [0.4, 0.5) is 0 Å². The molecule has 29 heavy (non-hydrogen) atoms. The number of thioether (sulfide) groups is 1. The minimum absolute atomic E-state index is 0.0172. The van der Waals surface area contributed by atoms with Crippen LogP contribution in [-0.2, 0) is 4.79 Å². The van der Waals surface area contributed by atoms with Crippen LogP contribution >= 0.6 is 23.1 Å². The predicted octanol–water partition coefficient (Wildman–Crippen LogP) is 5.44. The van der Waals surface area contributed by atoms with E-state index in [0.717, 1.165) is 42.2 Å². The molecule has 1 aliphatic carbocycles. The minimum atomic E-state index is -1.01. The number of Topliss-reactive ketones (excluding diaryl/α,β-unsaturated/α-hetero) is 1. The molecule has 2 rings (SSSR count). The third kappa shape index (κ3) is 8.22. The normalized spacial score (nSPS) is 21.9. The molecule has 1 aromatic heterocycles. The average molecular weight is 440 g/mol. The molecule has 0 saturated heterocycles. The lowest BCUT2D eigenvalue weighted by molar-refractivity contribution is -0.121. The first kappa shape index (κ1) is 24.1. The van der Waals surface area contributed by atoms with E-state index in [1.807, 2.05) is 6.92 Å². The van der Waals surface area contributed by atoms with Crippen LogP contribution in [0.3, 0.4) is 0 Å². The Morgan fingerprint density at radius 2 is 2.24 bits per heavy atom. The Bertz CT molecular complexity index is 711. The van der Waals surface area contributed by atoms with Crippen molar-refractivity contribution in [2.75, 3.05) is 5.75 Å². The van der Waals surface area contributed by atoms with Gasteiger partial charge in [-0.25, -0.2) is 9.78 Å². The van der Waals surface area contributed by atoms with Crippen LogP contribution in [-0.4, -0.2) is 38.3 Å². The molecule has 5 nitrogen and oxygen atoms in total. The first-order valence-corrected chi connectivity index (χ1v) is 12.3. The fourth-order valence-electron chi connectivity index (χ4n) is 3.72. The molecule has 3 unspecified atom stereocenters. The van der Waals surface area contributed by atoms with Crippen LogP contribution in [0.15, 0.2) is 21.9 Å². The van der Waals surface area contributed by atoms with Crippen LogP contribution in [0.2, 0.25) is 0 Å². The van der Waals surface area contributed by atoms with Crippen molar-refractivity contribution < 1.29 is 19.8 Å². The summed E-state index contributed by atoms with van der Waals surface area (Å²) < 4.78 is 0.734. The number of thiazole rings is 1. The van der Waals surface area contributed by atoms with Crippen LogP contribution in [0.5, 0.6) is 0 Å². The van der Waals surface area contributed by atoms with Crippen molar-refractivity contribution in [1.29, 1.82) is 0 Å². The van der Waals surface area contributed by atoms with E-state index in [1.54, 1.807) is 5.38 Å². The topological polar surface area (TPSA) is 87.5 Å². The van der Waals surface area contributed by atoms with Gasteiger partial charge in [0, 0.05) is 23.5 Å². The molecule has 1 heterocycles. The van der Waals surface area contributed by atoms with Crippen LogP contribution < -0.4 is 0 Å². The van der Waals surface area contributed by atoms with Crippen molar-refractivity contribution in [3.05, 3.63) is 23.2 Å². The number of carbonyl (C=O) groups is 2. The maximum Gasteiger partial charge on any atom is 0.355 e. The Morgan fingerprint density at radius 1 is 1.48 bits per heavy atom. The highest BCUT2D eigenvalue weighted by Gasteiger charge is 2.32. The average Bonchev–Trinajstić information content (AvgIpc) is 3.23. The molecule has 0 radical (unpaired) electrons. The van der Waals surface area contributed by atoms with E-state index in [-0.39, 0.29) is 17.5 Å². The first-order valence-electron chi connectivity index (χ1n) is 10.4. The van der Waals surface area contributed by atoms with Gasteiger partial charge in [-0.3, -0.25) is 4.79 Å². The fraction of sp³-hybridized carbons (Fsp3) is 0.682. The van der Waals surface area contributed by atoms with Crippen molar-refractivity contribution in [2.24, 2.45) is 17.8 Å². The molecule has 0 amide bonds.